The Labute approximate surface area is 125 Å². The molecule has 4 N–H and O–H groups in total. The fourth-order valence-electron chi connectivity index (χ4n) is 1.78. The number of rotatable bonds is 3. The number of benzene rings is 1. The maximum absolute atomic E-state index is 12.2. The van der Waals surface area contributed by atoms with Crippen LogP contribution in [0.2, 0.25) is 0 Å². The minimum absolute atomic E-state index is 0.146. The van der Waals surface area contributed by atoms with Crippen molar-refractivity contribution in [1.82, 2.24) is 9.97 Å². The minimum atomic E-state index is -0.783. The van der Waals surface area contributed by atoms with E-state index in [0.717, 1.165) is 4.47 Å². The topological polar surface area (TPSA) is 92.0 Å². The number of halogens is 1. The van der Waals surface area contributed by atoms with Crippen LogP contribution in [-0.2, 0) is 5.54 Å². The van der Waals surface area contributed by atoms with Gasteiger partial charge >= 0.3 is 0 Å². The lowest BCUT2D eigenvalue weighted by molar-refractivity contribution is 0.410. The van der Waals surface area contributed by atoms with Gasteiger partial charge in [0.15, 0.2) is 0 Å². The molecule has 0 amide bonds. The molecular weight excluding hydrogens is 322 g/mol. The third-order valence-electron chi connectivity index (χ3n) is 3.31. The molecule has 0 radical (unpaired) electrons. The largest absolute Gasteiger partial charge is 0.493 e. The zero-order valence-electron chi connectivity index (χ0n) is 11.3. The Morgan fingerprint density at radius 2 is 2.00 bits per heavy atom. The minimum Gasteiger partial charge on any atom is -0.493 e. The summed E-state index contributed by atoms with van der Waals surface area (Å²) in [5.74, 6) is -0.0282. The molecule has 1 aromatic carbocycles. The van der Waals surface area contributed by atoms with Gasteiger partial charge in [0.2, 0.25) is 5.88 Å². The Hall–Kier alpha value is -1.66. The van der Waals surface area contributed by atoms with Crippen LogP contribution in [0.25, 0.3) is 11.1 Å². The number of hydrogen-bond acceptors (Lipinski definition) is 4. The van der Waals surface area contributed by atoms with Crippen molar-refractivity contribution in [3.05, 3.63) is 44.9 Å². The van der Waals surface area contributed by atoms with Crippen LogP contribution in [0.4, 0.5) is 0 Å². The van der Waals surface area contributed by atoms with Crippen molar-refractivity contribution in [3.63, 3.8) is 0 Å². The second-order valence-electron chi connectivity index (χ2n) is 4.89. The number of nitrogens with zero attached hydrogens (tertiary/aromatic N) is 1. The van der Waals surface area contributed by atoms with Crippen LogP contribution in [0.3, 0.4) is 0 Å². The normalized spacial score (nSPS) is 14.0. The molecule has 0 bridgehead atoms. The summed E-state index contributed by atoms with van der Waals surface area (Å²) in [6.45, 7) is 3.64. The Bertz CT molecular complexity index is 678. The molecule has 0 aliphatic carbocycles. The van der Waals surface area contributed by atoms with Crippen molar-refractivity contribution < 1.29 is 5.11 Å². The highest BCUT2D eigenvalue weighted by atomic mass is 79.9. The van der Waals surface area contributed by atoms with Gasteiger partial charge in [-0.25, -0.2) is 0 Å². The summed E-state index contributed by atoms with van der Waals surface area (Å²) in [6, 6.07) is 7.05. The summed E-state index contributed by atoms with van der Waals surface area (Å²) in [4.78, 5) is 18.9. The van der Waals surface area contributed by atoms with Gasteiger partial charge in [0, 0.05) is 4.47 Å². The predicted molar refractivity (Wildman–Crippen MR) is 81.5 cm³/mol. The van der Waals surface area contributed by atoms with E-state index in [1.807, 2.05) is 6.92 Å². The van der Waals surface area contributed by atoms with Gasteiger partial charge in [-0.3, -0.25) is 4.79 Å². The molecular formula is C14H16BrN3O2. The molecule has 0 fully saturated rings. The predicted octanol–water partition coefficient (Wildman–Crippen LogP) is 2.49. The number of aromatic hydroxyl groups is 1. The van der Waals surface area contributed by atoms with Crippen LogP contribution in [0, 0.1) is 0 Å². The second kappa shape index (κ2) is 5.38. The average Bonchev–Trinajstić information content (AvgIpc) is 2.40. The fraction of sp³-hybridized carbons (Fsp3) is 0.286. The van der Waals surface area contributed by atoms with Gasteiger partial charge < -0.3 is 15.8 Å². The first-order chi connectivity index (χ1) is 9.35. The smallest absolute Gasteiger partial charge is 0.262 e. The van der Waals surface area contributed by atoms with Gasteiger partial charge in [-0.05, 0) is 31.0 Å². The van der Waals surface area contributed by atoms with Crippen molar-refractivity contribution in [2.24, 2.45) is 5.73 Å². The molecule has 1 unspecified atom stereocenters. The quantitative estimate of drug-likeness (QED) is 0.802. The van der Waals surface area contributed by atoms with Gasteiger partial charge in [-0.1, -0.05) is 35.0 Å². The van der Waals surface area contributed by atoms with E-state index < -0.39 is 11.1 Å². The van der Waals surface area contributed by atoms with Crippen LogP contribution in [0.1, 0.15) is 26.1 Å². The van der Waals surface area contributed by atoms with Crippen molar-refractivity contribution in [3.8, 4) is 17.0 Å². The molecule has 1 heterocycles. The highest BCUT2D eigenvalue weighted by Crippen LogP contribution is 2.27. The lowest BCUT2D eigenvalue weighted by Gasteiger charge is -2.21. The molecule has 0 spiro atoms. The van der Waals surface area contributed by atoms with Crippen LogP contribution < -0.4 is 11.3 Å². The Morgan fingerprint density at radius 3 is 2.50 bits per heavy atom. The molecule has 2 rings (SSSR count). The number of H-pyrrole nitrogens is 1. The Balaban J connectivity index is 2.58. The van der Waals surface area contributed by atoms with Crippen molar-refractivity contribution >= 4 is 15.9 Å². The van der Waals surface area contributed by atoms with Crippen LogP contribution in [-0.4, -0.2) is 15.1 Å². The molecule has 20 heavy (non-hydrogen) atoms. The monoisotopic (exact) mass is 337 g/mol. The molecule has 0 saturated heterocycles. The number of hydrogen-bond donors (Lipinski definition) is 3. The van der Waals surface area contributed by atoms with E-state index >= 15 is 0 Å². The SMILES string of the molecule is CCC(C)(N)c1nc(O)c(-c2ccc(Br)cc2)c(=O)[nH]1. The van der Waals surface area contributed by atoms with Gasteiger partial charge in [-0.15, -0.1) is 0 Å². The van der Waals surface area contributed by atoms with Crippen LogP contribution in [0.15, 0.2) is 33.5 Å². The summed E-state index contributed by atoms with van der Waals surface area (Å²) in [5.41, 5.74) is 5.59. The fourth-order valence-corrected chi connectivity index (χ4v) is 2.04. The molecule has 1 atom stereocenters. The highest BCUT2D eigenvalue weighted by Gasteiger charge is 2.24. The summed E-state index contributed by atoms with van der Waals surface area (Å²) >= 11 is 3.32. The third-order valence-corrected chi connectivity index (χ3v) is 3.84. The van der Waals surface area contributed by atoms with E-state index in [-0.39, 0.29) is 17.3 Å². The first-order valence-electron chi connectivity index (χ1n) is 6.23. The number of nitrogens with two attached hydrogens (primary N) is 1. The standard InChI is InChI=1S/C14H16BrN3O2/c1-3-14(2,16)13-17-11(19)10(12(20)18-13)8-4-6-9(15)7-5-8/h4-7H,3,16H2,1-2H3,(H2,17,18,19,20). The van der Waals surface area contributed by atoms with Crippen molar-refractivity contribution in [1.29, 1.82) is 0 Å². The Morgan fingerprint density at radius 1 is 1.40 bits per heavy atom. The summed E-state index contributed by atoms with van der Waals surface area (Å²) < 4.78 is 0.891. The summed E-state index contributed by atoms with van der Waals surface area (Å²) in [6.07, 6.45) is 0.590. The van der Waals surface area contributed by atoms with Gasteiger partial charge in [0.1, 0.15) is 11.4 Å². The first kappa shape index (κ1) is 14.7. The molecule has 0 saturated carbocycles. The molecule has 5 nitrogen and oxygen atoms in total. The van der Waals surface area contributed by atoms with Gasteiger partial charge in [0.05, 0.1) is 5.54 Å². The lowest BCUT2D eigenvalue weighted by atomic mass is 9.99. The van der Waals surface area contributed by atoms with E-state index in [0.29, 0.717) is 12.0 Å². The van der Waals surface area contributed by atoms with E-state index in [4.69, 9.17) is 5.73 Å². The number of aromatic amines is 1. The molecule has 6 heteroatoms. The Kier molecular flexibility index (Phi) is 3.96. The van der Waals surface area contributed by atoms with Gasteiger partial charge in [0.25, 0.3) is 5.56 Å². The second-order valence-corrected chi connectivity index (χ2v) is 5.81. The van der Waals surface area contributed by atoms with Crippen molar-refractivity contribution in [2.75, 3.05) is 0 Å². The van der Waals surface area contributed by atoms with Gasteiger partial charge in [-0.2, -0.15) is 4.98 Å². The molecule has 106 valence electrons. The molecule has 0 aliphatic heterocycles. The summed E-state index contributed by atoms with van der Waals surface area (Å²) in [5, 5.41) is 10.1. The lowest BCUT2D eigenvalue weighted by Crippen LogP contribution is -2.36. The first-order valence-corrected chi connectivity index (χ1v) is 7.03. The number of aromatic nitrogens is 2. The van der Waals surface area contributed by atoms with E-state index in [1.165, 1.54) is 0 Å². The van der Waals surface area contributed by atoms with Crippen LogP contribution >= 0.6 is 15.9 Å². The molecule has 1 aromatic heterocycles. The van der Waals surface area contributed by atoms with E-state index in [2.05, 4.69) is 25.9 Å². The highest BCUT2D eigenvalue weighted by molar-refractivity contribution is 9.10. The number of nitrogens with one attached hydrogen (secondary N) is 1. The van der Waals surface area contributed by atoms with E-state index in [9.17, 15) is 9.90 Å². The zero-order valence-corrected chi connectivity index (χ0v) is 12.9. The zero-order chi connectivity index (χ0) is 14.9. The molecule has 0 aliphatic rings. The maximum atomic E-state index is 12.2. The maximum Gasteiger partial charge on any atom is 0.262 e. The summed E-state index contributed by atoms with van der Waals surface area (Å²) in [7, 11) is 0. The van der Waals surface area contributed by atoms with E-state index in [1.54, 1.807) is 31.2 Å². The third kappa shape index (κ3) is 2.76. The molecule has 2 aromatic rings. The average molecular weight is 338 g/mol. The van der Waals surface area contributed by atoms with Crippen LogP contribution in [0.5, 0.6) is 5.88 Å². The van der Waals surface area contributed by atoms with Crippen molar-refractivity contribution in [2.45, 2.75) is 25.8 Å².